The van der Waals surface area contributed by atoms with Crippen LogP contribution in [-0.4, -0.2) is 35.9 Å². The molecule has 4 rings (SSSR count). The molecule has 5 nitrogen and oxygen atoms in total. The van der Waals surface area contributed by atoms with Crippen molar-refractivity contribution in [3.8, 4) is 0 Å². The first-order valence-electron chi connectivity index (χ1n) is 11.8. The van der Waals surface area contributed by atoms with Crippen molar-refractivity contribution in [1.82, 2.24) is 0 Å². The van der Waals surface area contributed by atoms with E-state index in [2.05, 4.69) is 26.8 Å². The van der Waals surface area contributed by atoms with Crippen molar-refractivity contribution < 1.29 is 24.2 Å². The number of rotatable bonds is 3. The van der Waals surface area contributed by atoms with Crippen LogP contribution in [-0.2, 0) is 19.1 Å². The van der Waals surface area contributed by atoms with Gasteiger partial charge in [-0.2, -0.15) is 0 Å². The number of ether oxygens (including phenoxy) is 2. The van der Waals surface area contributed by atoms with Crippen molar-refractivity contribution in [2.45, 2.75) is 85.4 Å². The average Bonchev–Trinajstić information content (AvgIpc) is 2.97. The third-order valence-electron chi connectivity index (χ3n) is 9.42. The maximum atomic E-state index is 11.7. The lowest BCUT2D eigenvalue weighted by molar-refractivity contribution is -0.162. The van der Waals surface area contributed by atoms with Gasteiger partial charge in [0.25, 0.3) is 0 Å². The maximum absolute atomic E-state index is 11.7. The summed E-state index contributed by atoms with van der Waals surface area (Å²) in [4.78, 5) is 23.3. The molecule has 0 heterocycles. The third kappa shape index (κ3) is 3.14. The number of carbonyl (C=O) groups is 2. The third-order valence-corrected chi connectivity index (χ3v) is 9.42. The summed E-state index contributed by atoms with van der Waals surface area (Å²) in [6, 6.07) is 0. The molecular weight excluding hydrogens is 380 g/mol. The quantitative estimate of drug-likeness (QED) is 0.547. The molecule has 5 heteroatoms. The van der Waals surface area contributed by atoms with Gasteiger partial charge in [-0.15, -0.1) is 0 Å². The molecule has 4 aliphatic rings. The molecule has 0 amide bonds. The van der Waals surface area contributed by atoms with E-state index in [0.717, 1.165) is 38.5 Å². The van der Waals surface area contributed by atoms with Crippen molar-refractivity contribution in [3.63, 3.8) is 0 Å². The topological polar surface area (TPSA) is 72.8 Å². The van der Waals surface area contributed by atoms with E-state index in [0.29, 0.717) is 23.7 Å². The smallest absolute Gasteiger partial charge is 0.302 e. The summed E-state index contributed by atoms with van der Waals surface area (Å²) in [7, 11) is 0. The zero-order chi connectivity index (χ0) is 21.8. The first kappa shape index (κ1) is 21.9. The van der Waals surface area contributed by atoms with Crippen LogP contribution in [0.3, 0.4) is 0 Å². The normalized spacial score (nSPS) is 47.4. The lowest BCUT2D eigenvalue weighted by atomic mass is 9.43. The number of aliphatic hydroxyl groups excluding tert-OH is 1. The van der Waals surface area contributed by atoms with E-state index in [-0.39, 0.29) is 47.5 Å². The summed E-state index contributed by atoms with van der Waals surface area (Å²) in [5.41, 5.74) is 1.12. The van der Waals surface area contributed by atoms with Gasteiger partial charge in [-0.05, 0) is 61.7 Å². The van der Waals surface area contributed by atoms with Crippen LogP contribution < -0.4 is 0 Å². The predicted octanol–water partition coefficient (Wildman–Crippen LogP) is 4.28. The molecule has 0 bridgehead atoms. The predicted molar refractivity (Wildman–Crippen MR) is 113 cm³/mol. The fourth-order valence-electron chi connectivity index (χ4n) is 8.27. The molecule has 0 aliphatic heterocycles. The Bertz CT molecular complexity index is 744. The highest BCUT2D eigenvalue weighted by Gasteiger charge is 2.63. The molecule has 30 heavy (non-hydrogen) atoms. The van der Waals surface area contributed by atoms with Gasteiger partial charge >= 0.3 is 11.9 Å². The van der Waals surface area contributed by atoms with E-state index in [4.69, 9.17) is 9.47 Å². The van der Waals surface area contributed by atoms with Gasteiger partial charge in [-0.25, -0.2) is 0 Å². The van der Waals surface area contributed by atoms with Crippen LogP contribution in [0.2, 0.25) is 0 Å². The number of carbonyl (C=O) groups excluding carboxylic acids is 2. The van der Waals surface area contributed by atoms with Crippen LogP contribution >= 0.6 is 0 Å². The largest absolute Gasteiger partial charge is 0.462 e. The number of hydrogen-bond donors (Lipinski definition) is 1. The van der Waals surface area contributed by atoms with E-state index in [1.54, 1.807) is 0 Å². The number of fused-ring (bicyclic) bond motifs is 5. The summed E-state index contributed by atoms with van der Waals surface area (Å²) in [6.45, 7) is 10.0. The van der Waals surface area contributed by atoms with Gasteiger partial charge in [0.2, 0.25) is 0 Å². The summed E-state index contributed by atoms with van der Waals surface area (Å²) in [5.74, 6) is 1.72. The molecule has 0 radical (unpaired) electrons. The fourth-order valence-corrected chi connectivity index (χ4v) is 8.27. The molecule has 3 saturated carbocycles. The van der Waals surface area contributed by atoms with Crippen LogP contribution in [0.15, 0.2) is 11.6 Å². The highest BCUT2D eigenvalue weighted by atomic mass is 16.5. The minimum absolute atomic E-state index is 0.0146. The lowest BCUT2D eigenvalue weighted by Gasteiger charge is -2.61. The summed E-state index contributed by atoms with van der Waals surface area (Å²) in [6.07, 6.45) is 8.02. The number of aliphatic hydroxyl groups is 1. The van der Waals surface area contributed by atoms with E-state index >= 15 is 0 Å². The van der Waals surface area contributed by atoms with Crippen LogP contribution in [0.4, 0.5) is 0 Å². The van der Waals surface area contributed by atoms with Gasteiger partial charge in [-0.3, -0.25) is 9.59 Å². The molecule has 1 N–H and O–H groups in total. The van der Waals surface area contributed by atoms with E-state index < -0.39 is 0 Å². The monoisotopic (exact) mass is 418 g/mol. The fraction of sp³-hybridized carbons (Fsp3) is 0.840. The molecule has 168 valence electrons. The molecular formula is C25H38O5. The Morgan fingerprint density at radius 3 is 2.43 bits per heavy atom. The van der Waals surface area contributed by atoms with Gasteiger partial charge in [0.05, 0.1) is 6.61 Å². The molecule has 0 saturated heterocycles. The van der Waals surface area contributed by atoms with Gasteiger partial charge in [0, 0.05) is 31.1 Å². The van der Waals surface area contributed by atoms with Gasteiger partial charge in [0.15, 0.2) is 0 Å². The molecule has 0 unspecified atom stereocenters. The SMILES string of the molecule is CC(=O)O[C@@H]1CC2=C[C@@H](C)[C@H]3[C@@H]4CC[C@H](OC(C)=O)[C@@]4(C)CC[C@@H]3[C@@]2(CO)[C@H](C)C1. The highest BCUT2D eigenvalue weighted by molar-refractivity contribution is 5.66. The lowest BCUT2D eigenvalue weighted by Crippen LogP contribution is -2.58. The van der Waals surface area contributed by atoms with Gasteiger partial charge < -0.3 is 14.6 Å². The van der Waals surface area contributed by atoms with Crippen molar-refractivity contribution in [2.24, 2.45) is 40.4 Å². The molecule has 0 aromatic carbocycles. The highest BCUT2D eigenvalue weighted by Crippen LogP contribution is 2.67. The van der Waals surface area contributed by atoms with Crippen LogP contribution in [0.25, 0.3) is 0 Å². The second-order valence-electron chi connectivity index (χ2n) is 10.8. The minimum atomic E-state index is -0.220. The summed E-state index contributed by atoms with van der Waals surface area (Å²) >= 11 is 0. The summed E-state index contributed by atoms with van der Waals surface area (Å²) in [5, 5.41) is 10.8. The average molecular weight is 419 g/mol. The Balaban J connectivity index is 1.68. The molecule has 0 aromatic rings. The van der Waals surface area contributed by atoms with Gasteiger partial charge in [-0.1, -0.05) is 32.4 Å². The molecule has 0 spiro atoms. The Kier molecular flexibility index (Phi) is 5.57. The van der Waals surface area contributed by atoms with Crippen LogP contribution in [0, 0.1) is 40.4 Å². The van der Waals surface area contributed by atoms with Crippen LogP contribution in [0.5, 0.6) is 0 Å². The van der Waals surface area contributed by atoms with E-state index in [1.165, 1.54) is 19.4 Å². The minimum Gasteiger partial charge on any atom is -0.462 e. The number of allylic oxidation sites excluding steroid dienone is 1. The second-order valence-corrected chi connectivity index (χ2v) is 10.8. The standard InChI is InChI=1S/C25H38O5/c1-14-10-18-12-19(29-16(3)27)11-15(2)25(18,13-26)21-8-9-24(5)20(23(14)21)6-7-22(24)30-17(4)28/h10,14-15,19-23,26H,6-9,11-13H2,1-5H3/t14-,15-,19+,20+,21+,22+,23+,24+,25+/m1/s1. The van der Waals surface area contributed by atoms with Gasteiger partial charge in [0.1, 0.15) is 12.2 Å². The van der Waals surface area contributed by atoms with Crippen molar-refractivity contribution in [1.29, 1.82) is 0 Å². The van der Waals surface area contributed by atoms with Crippen molar-refractivity contribution in [3.05, 3.63) is 11.6 Å². The first-order valence-corrected chi connectivity index (χ1v) is 11.8. The van der Waals surface area contributed by atoms with Crippen molar-refractivity contribution in [2.75, 3.05) is 6.61 Å². The zero-order valence-electron chi connectivity index (χ0n) is 19.1. The Hall–Kier alpha value is -1.36. The van der Waals surface area contributed by atoms with Crippen LogP contribution in [0.1, 0.15) is 73.1 Å². The second kappa shape index (κ2) is 7.65. The Morgan fingerprint density at radius 2 is 1.80 bits per heavy atom. The Morgan fingerprint density at radius 1 is 1.10 bits per heavy atom. The van der Waals surface area contributed by atoms with E-state index in [9.17, 15) is 14.7 Å². The molecule has 3 fully saturated rings. The Labute approximate surface area is 180 Å². The van der Waals surface area contributed by atoms with E-state index in [1.807, 2.05) is 0 Å². The summed E-state index contributed by atoms with van der Waals surface area (Å²) < 4.78 is 11.4. The molecule has 0 aromatic heterocycles. The number of esters is 2. The zero-order valence-corrected chi connectivity index (χ0v) is 19.1. The number of hydrogen-bond acceptors (Lipinski definition) is 5. The molecule has 4 aliphatic carbocycles. The maximum Gasteiger partial charge on any atom is 0.302 e. The van der Waals surface area contributed by atoms with Crippen molar-refractivity contribution >= 4 is 11.9 Å². The first-order chi connectivity index (χ1) is 14.1. The molecule has 9 atom stereocenters.